The Labute approximate surface area is 176 Å². The molecule has 3 rings (SSSR count). The van der Waals surface area contributed by atoms with Crippen molar-refractivity contribution in [2.45, 2.75) is 5.92 Å². The van der Waals surface area contributed by atoms with Crippen molar-refractivity contribution in [3.63, 3.8) is 0 Å². The summed E-state index contributed by atoms with van der Waals surface area (Å²) in [5, 5.41) is 38.6. The van der Waals surface area contributed by atoms with Crippen LogP contribution >= 0.6 is 0 Å². The van der Waals surface area contributed by atoms with Gasteiger partial charge in [0.25, 0.3) is 0 Å². The second kappa shape index (κ2) is 8.41. The molecule has 3 atom stereocenters. The fourth-order valence-corrected chi connectivity index (χ4v) is 4.47. The van der Waals surface area contributed by atoms with Crippen LogP contribution in [0.2, 0.25) is 0 Å². The topological polar surface area (TPSA) is 117 Å². The number of rotatable bonds is 5. The molecule has 152 valence electrons. The highest BCUT2D eigenvalue weighted by Gasteiger charge is 2.57. The van der Waals surface area contributed by atoms with Crippen molar-refractivity contribution in [3.05, 3.63) is 48.1 Å². The number of benzene rings is 1. The van der Waals surface area contributed by atoms with E-state index in [1.807, 2.05) is 13.1 Å². The van der Waals surface area contributed by atoms with Crippen molar-refractivity contribution in [2.24, 2.45) is 17.3 Å². The highest BCUT2D eigenvalue weighted by Crippen LogP contribution is 2.54. The number of hydrogen-bond acceptors (Lipinski definition) is 7. The van der Waals surface area contributed by atoms with Gasteiger partial charge in [0.15, 0.2) is 16.9 Å². The van der Waals surface area contributed by atoms with Crippen LogP contribution in [0.5, 0.6) is 11.5 Å². The van der Waals surface area contributed by atoms with Gasteiger partial charge in [0.05, 0.1) is 31.0 Å². The maximum atomic E-state index is 10.1. The lowest BCUT2D eigenvalue weighted by atomic mass is 9.54. The summed E-state index contributed by atoms with van der Waals surface area (Å²) in [6.45, 7) is 5.20. The summed E-state index contributed by atoms with van der Waals surface area (Å²) in [6, 6.07) is 11.7. The van der Waals surface area contributed by atoms with Gasteiger partial charge >= 0.3 is 0 Å². The van der Waals surface area contributed by atoms with E-state index in [-0.39, 0.29) is 11.6 Å². The predicted molar refractivity (Wildman–Crippen MR) is 111 cm³/mol. The molecule has 2 aliphatic rings. The number of fused-ring (bicyclic) bond motifs is 1. The number of nitrogens with zero attached hydrogens (tertiary/aromatic N) is 4. The molecular formula is C23H23N5O2. The normalized spacial score (nSPS) is 25.0. The lowest BCUT2D eigenvalue weighted by Crippen LogP contribution is -2.52. The van der Waals surface area contributed by atoms with Crippen LogP contribution in [0, 0.1) is 56.7 Å². The lowest BCUT2D eigenvalue weighted by molar-refractivity contribution is 0.234. The number of nitriles is 3. The Morgan fingerprint density at radius 2 is 2.03 bits per heavy atom. The van der Waals surface area contributed by atoms with Gasteiger partial charge < -0.3 is 19.8 Å². The van der Waals surface area contributed by atoms with E-state index in [2.05, 4.69) is 29.7 Å². The molecule has 1 aromatic carbocycles. The third-order valence-corrected chi connectivity index (χ3v) is 5.88. The fourth-order valence-electron chi connectivity index (χ4n) is 4.47. The molecule has 0 bridgehead atoms. The second-order valence-corrected chi connectivity index (χ2v) is 7.53. The first-order chi connectivity index (χ1) is 14.5. The van der Waals surface area contributed by atoms with Crippen LogP contribution < -0.4 is 9.47 Å². The summed E-state index contributed by atoms with van der Waals surface area (Å²) >= 11 is 0. The molecule has 0 saturated heterocycles. The Kier molecular flexibility index (Phi) is 5.92. The molecule has 1 heterocycles. The summed E-state index contributed by atoms with van der Waals surface area (Å²) in [7, 11) is 3.48. The van der Waals surface area contributed by atoms with E-state index in [0.717, 1.165) is 5.57 Å². The number of hydrogen-bond donors (Lipinski definition) is 1. The lowest BCUT2D eigenvalue weighted by Gasteiger charge is -2.47. The molecule has 0 aromatic heterocycles. The van der Waals surface area contributed by atoms with Gasteiger partial charge in [-0.3, -0.25) is 0 Å². The predicted octanol–water partition coefficient (Wildman–Crippen LogP) is 3.04. The molecule has 1 aromatic rings. The molecule has 1 fully saturated rings. The van der Waals surface area contributed by atoms with Gasteiger partial charge in [0.2, 0.25) is 0 Å². The first kappa shape index (κ1) is 21.1. The zero-order valence-corrected chi connectivity index (χ0v) is 17.1. The van der Waals surface area contributed by atoms with Crippen LogP contribution in [0.4, 0.5) is 0 Å². The van der Waals surface area contributed by atoms with Gasteiger partial charge in [0, 0.05) is 24.9 Å². The van der Waals surface area contributed by atoms with Gasteiger partial charge in [-0.05, 0) is 30.3 Å². The summed E-state index contributed by atoms with van der Waals surface area (Å²) in [5.41, 5.74) is -0.376. The maximum absolute atomic E-state index is 10.1. The minimum atomic E-state index is -1.74. The molecule has 1 saturated carbocycles. The molecule has 7 heteroatoms. The molecule has 0 radical (unpaired) electrons. The van der Waals surface area contributed by atoms with E-state index in [1.54, 1.807) is 24.3 Å². The van der Waals surface area contributed by atoms with Crippen molar-refractivity contribution in [3.8, 4) is 29.7 Å². The van der Waals surface area contributed by atoms with Crippen LogP contribution in [0.3, 0.4) is 0 Å². The quantitative estimate of drug-likeness (QED) is 0.758. The van der Waals surface area contributed by atoms with Crippen LogP contribution in [-0.2, 0) is 0 Å². The van der Waals surface area contributed by atoms with E-state index < -0.39 is 17.3 Å². The van der Waals surface area contributed by atoms with Crippen molar-refractivity contribution >= 4 is 5.71 Å². The summed E-state index contributed by atoms with van der Waals surface area (Å²) < 4.78 is 11.1. The van der Waals surface area contributed by atoms with Crippen LogP contribution in [0.25, 0.3) is 0 Å². The van der Waals surface area contributed by atoms with Gasteiger partial charge in [0.1, 0.15) is 12.5 Å². The monoisotopic (exact) mass is 401 g/mol. The molecule has 0 spiro atoms. The largest absolute Gasteiger partial charge is 0.493 e. The second-order valence-electron chi connectivity index (χ2n) is 7.53. The zero-order valence-electron chi connectivity index (χ0n) is 17.1. The Balaban J connectivity index is 2.20. The minimum absolute atomic E-state index is 0.155. The average Bonchev–Trinajstić information content (AvgIpc) is 2.77. The smallest absolute Gasteiger partial charge is 0.189 e. The van der Waals surface area contributed by atoms with Crippen LogP contribution in [0.1, 0.15) is 11.5 Å². The maximum Gasteiger partial charge on any atom is 0.189 e. The number of likely N-dealkylation sites (N-methyl/N-ethyl adjacent to an activating group) is 1. The number of ether oxygens (including phenoxy) is 2. The molecule has 1 aliphatic carbocycles. The Morgan fingerprint density at radius 1 is 1.30 bits per heavy atom. The molecule has 30 heavy (non-hydrogen) atoms. The molecule has 7 nitrogen and oxygen atoms in total. The number of nitrogens with one attached hydrogen (secondary N) is 1. The molecule has 1 unspecified atom stereocenters. The van der Waals surface area contributed by atoms with Gasteiger partial charge in [-0.1, -0.05) is 24.8 Å². The molecule has 1 aliphatic heterocycles. The van der Waals surface area contributed by atoms with E-state index in [4.69, 9.17) is 14.9 Å². The third kappa shape index (κ3) is 3.22. The SMILES string of the molecule is C=CCOc1ccc([C@H]2[C@H]3CN(C)CC=C3C(C#N)C(=N)C2(C#N)C#N)cc1OC. The van der Waals surface area contributed by atoms with Gasteiger partial charge in [-0.25, -0.2) is 0 Å². The van der Waals surface area contributed by atoms with Crippen molar-refractivity contribution in [1.82, 2.24) is 4.90 Å². The van der Waals surface area contributed by atoms with Crippen molar-refractivity contribution in [1.29, 1.82) is 21.2 Å². The highest BCUT2D eigenvalue weighted by molar-refractivity contribution is 6.00. The van der Waals surface area contributed by atoms with E-state index in [0.29, 0.717) is 36.8 Å². The summed E-state index contributed by atoms with van der Waals surface area (Å²) in [4.78, 5) is 2.09. The van der Waals surface area contributed by atoms with Gasteiger partial charge in [-0.15, -0.1) is 0 Å². The van der Waals surface area contributed by atoms with E-state index >= 15 is 0 Å². The summed E-state index contributed by atoms with van der Waals surface area (Å²) in [6.07, 6.45) is 3.59. The van der Waals surface area contributed by atoms with Crippen LogP contribution in [0.15, 0.2) is 42.5 Å². The van der Waals surface area contributed by atoms with Crippen molar-refractivity contribution in [2.75, 3.05) is 33.9 Å². The molecule has 0 amide bonds. The highest BCUT2D eigenvalue weighted by atomic mass is 16.5. The zero-order chi connectivity index (χ0) is 21.9. The first-order valence-electron chi connectivity index (χ1n) is 9.58. The summed E-state index contributed by atoms with van der Waals surface area (Å²) in [5.74, 6) is -0.718. The molecular weight excluding hydrogens is 378 g/mol. The van der Waals surface area contributed by atoms with Gasteiger partial charge in [-0.2, -0.15) is 15.8 Å². The minimum Gasteiger partial charge on any atom is -0.493 e. The first-order valence-corrected chi connectivity index (χ1v) is 9.58. The van der Waals surface area contributed by atoms with Crippen LogP contribution in [-0.4, -0.2) is 44.5 Å². The molecule has 1 N–H and O–H groups in total. The van der Waals surface area contributed by atoms with E-state index in [1.165, 1.54) is 7.11 Å². The van der Waals surface area contributed by atoms with E-state index in [9.17, 15) is 15.8 Å². The Morgan fingerprint density at radius 3 is 2.63 bits per heavy atom. The van der Waals surface area contributed by atoms with Crippen molar-refractivity contribution < 1.29 is 9.47 Å². The number of methoxy groups -OCH3 is 1. The Bertz CT molecular complexity index is 1010. The standard InChI is InChI=1S/C23H23N5O2/c1-4-9-30-19-6-5-15(10-20(19)29-3)21-18-12-28(2)8-7-16(18)17(11-24)22(27)23(21,13-25)14-26/h4-7,10,17-18,21,27H,1,8-9,12H2,2-3H3/t17?,18-,21-/m0/s1. The Hall–Kier alpha value is -3.60. The average molecular weight is 401 g/mol. The third-order valence-electron chi connectivity index (χ3n) is 5.88. The fraction of sp³-hybridized carbons (Fsp3) is 0.391.